The van der Waals surface area contributed by atoms with Crippen LogP contribution in [-0.4, -0.2) is 107 Å². The van der Waals surface area contributed by atoms with Gasteiger partial charge >= 0.3 is 24.0 Å². The Labute approximate surface area is 466 Å². The summed E-state index contributed by atoms with van der Waals surface area (Å²) in [7, 11) is 0. The molecular weight excluding hydrogens is 1180 g/mol. The van der Waals surface area contributed by atoms with E-state index in [2.05, 4.69) is 53.1 Å². The Bertz CT molecular complexity index is 2990. The van der Waals surface area contributed by atoms with Crippen molar-refractivity contribution in [3.05, 3.63) is 175 Å². The Morgan fingerprint density at radius 1 is 0.577 bits per heavy atom. The lowest BCUT2D eigenvalue weighted by atomic mass is 10.0. The molecule has 6 aromatic rings. The van der Waals surface area contributed by atoms with Crippen LogP contribution in [0.2, 0.25) is 5.02 Å². The minimum Gasteiger partial charge on any atom is -0.491 e. The Kier molecular flexibility index (Phi) is 19.8. The number of carboxylic acids is 2. The zero-order valence-electron chi connectivity index (χ0n) is 41.2. The van der Waals surface area contributed by atoms with E-state index in [-0.39, 0.29) is 73.2 Å². The van der Waals surface area contributed by atoms with Gasteiger partial charge in [0.2, 0.25) is 11.8 Å². The third-order valence-corrected chi connectivity index (χ3v) is 14.1. The van der Waals surface area contributed by atoms with E-state index in [4.69, 9.17) is 31.3 Å². The van der Waals surface area contributed by atoms with Crippen LogP contribution < -0.4 is 30.7 Å². The number of urea groups is 2. The number of aromatic carboxylic acids is 2. The summed E-state index contributed by atoms with van der Waals surface area (Å²) >= 11 is 13.1. The minimum atomic E-state index is -1.31. The molecule has 0 spiro atoms. The molecule has 408 valence electrons. The number of hydrogen-bond acceptors (Lipinski definition) is 8. The van der Waals surface area contributed by atoms with Crippen LogP contribution in [0.4, 0.5) is 49.9 Å². The number of amides is 6. The first-order valence-corrected chi connectivity index (χ1v) is 25.9. The lowest BCUT2D eigenvalue weighted by Crippen LogP contribution is -2.40. The number of carboxylic acid groups (broad SMARTS) is 2. The van der Waals surface area contributed by atoms with Crippen molar-refractivity contribution in [3.8, 4) is 11.5 Å². The van der Waals surface area contributed by atoms with Crippen LogP contribution in [0.15, 0.2) is 130 Å². The summed E-state index contributed by atoms with van der Waals surface area (Å²) in [6.07, 6.45) is -2.85. The standard InChI is InChI=1S/C28H26BrClFN3O5.C27H23BrF3N3O5/c1-16-10-25(33-28(38)32-24-5-3-2-4-22(24)29)23(30)11-18(16)12-26(35)34-14-19(31)13-20(34)15-39-21-8-6-17(7-9-21)27(36)37;28-20-3-1-2-4-23(20)32-27(38)33-24-12-21(30)16(9-22(24)31)10-25(35)34-13-17(29)11-18(34)14-39-19-7-5-15(6-8-19)26(36)37/h2-11,19-20H,12-15H2,1H3,(H,36,37)(H2,32,33,38);1-9,12,17-18H,10-11,13-14H2,(H,36,37)(H2,32,33,38)/t19-,20-;17-,18-/m00/s1. The van der Waals surface area contributed by atoms with Gasteiger partial charge in [-0.15, -0.1) is 0 Å². The van der Waals surface area contributed by atoms with Crippen molar-refractivity contribution in [1.29, 1.82) is 0 Å². The average Bonchev–Trinajstić information content (AvgIpc) is 4.00. The van der Waals surface area contributed by atoms with Crippen molar-refractivity contribution in [2.75, 3.05) is 47.6 Å². The zero-order valence-corrected chi connectivity index (χ0v) is 45.1. The van der Waals surface area contributed by atoms with Crippen LogP contribution in [0.3, 0.4) is 0 Å². The van der Waals surface area contributed by atoms with Crippen molar-refractivity contribution >= 4 is 102 Å². The summed E-state index contributed by atoms with van der Waals surface area (Å²) < 4.78 is 70.7. The van der Waals surface area contributed by atoms with Crippen LogP contribution in [-0.2, 0) is 22.4 Å². The highest BCUT2D eigenvalue weighted by atomic mass is 79.9. The fourth-order valence-corrected chi connectivity index (χ4v) is 9.45. The average molecular weight is 1230 g/mol. The highest BCUT2D eigenvalue weighted by Crippen LogP contribution is 2.31. The normalized spacial score (nSPS) is 16.6. The van der Waals surface area contributed by atoms with Gasteiger partial charge in [-0.2, -0.15) is 0 Å². The number of aryl methyl sites for hydroxylation is 1. The third kappa shape index (κ3) is 15.7. The van der Waals surface area contributed by atoms with E-state index in [0.29, 0.717) is 38.6 Å². The number of anilines is 4. The number of benzene rings is 6. The number of alkyl halides is 2. The van der Waals surface area contributed by atoms with E-state index in [1.165, 1.54) is 58.3 Å². The van der Waals surface area contributed by atoms with Crippen LogP contribution in [0.1, 0.15) is 50.2 Å². The zero-order chi connectivity index (χ0) is 56.2. The molecule has 2 fully saturated rings. The predicted octanol–water partition coefficient (Wildman–Crippen LogP) is 11.9. The Morgan fingerprint density at radius 3 is 1.45 bits per heavy atom. The number of carbonyl (C=O) groups is 6. The molecule has 2 aliphatic rings. The fourth-order valence-electron chi connectivity index (χ4n) is 8.45. The SMILES string of the molecule is Cc1cc(NC(=O)Nc2ccccc2Br)c(Cl)cc1CC(=O)N1C[C@@H](F)C[C@H]1COc1ccc(C(=O)O)cc1.O=C(Nc1cc(F)c(CC(=O)N2C[C@@H](F)C[C@H]2COc2ccc(C(=O)O)cc2)cc1F)Nc1ccccc1Br. The molecule has 8 rings (SSSR count). The second-order valence-electron chi connectivity index (χ2n) is 18.0. The van der Waals surface area contributed by atoms with Crippen molar-refractivity contribution < 1.29 is 66.0 Å². The fraction of sp³-hybridized carbons (Fsp3) is 0.236. The molecule has 78 heavy (non-hydrogen) atoms. The Balaban J connectivity index is 0.000000226. The lowest BCUT2D eigenvalue weighted by Gasteiger charge is -2.25. The number of rotatable bonds is 16. The van der Waals surface area contributed by atoms with Gasteiger partial charge in [0.15, 0.2) is 0 Å². The van der Waals surface area contributed by atoms with E-state index in [0.717, 1.165) is 22.2 Å². The number of halogens is 7. The second kappa shape index (κ2) is 26.6. The minimum absolute atomic E-state index is 0.00525. The quantitative estimate of drug-likeness (QED) is 0.0504. The van der Waals surface area contributed by atoms with E-state index in [9.17, 15) is 46.3 Å². The maximum Gasteiger partial charge on any atom is 0.335 e. The van der Waals surface area contributed by atoms with Gasteiger partial charge in [-0.1, -0.05) is 35.9 Å². The molecule has 2 heterocycles. The van der Waals surface area contributed by atoms with Crippen molar-refractivity contribution in [3.63, 3.8) is 0 Å². The first-order valence-electron chi connectivity index (χ1n) is 23.9. The smallest absolute Gasteiger partial charge is 0.335 e. The molecule has 4 atom stereocenters. The molecule has 6 amide bonds. The molecule has 0 aliphatic carbocycles. The summed E-state index contributed by atoms with van der Waals surface area (Å²) in [4.78, 5) is 75.5. The third-order valence-electron chi connectivity index (χ3n) is 12.4. The topological polar surface area (TPSA) is 216 Å². The molecule has 0 aromatic heterocycles. The van der Waals surface area contributed by atoms with Gasteiger partial charge < -0.3 is 50.8 Å². The van der Waals surface area contributed by atoms with Crippen LogP contribution >= 0.6 is 43.5 Å². The molecule has 16 nitrogen and oxygen atoms in total. The molecule has 0 saturated carbocycles. The number of nitrogens with zero attached hydrogens (tertiary/aromatic N) is 2. The molecule has 2 aliphatic heterocycles. The highest BCUT2D eigenvalue weighted by molar-refractivity contribution is 9.11. The molecule has 23 heteroatoms. The number of carbonyl (C=O) groups excluding carboxylic acids is 4. The molecule has 6 N–H and O–H groups in total. The van der Waals surface area contributed by atoms with Gasteiger partial charge in [0, 0.05) is 33.4 Å². The van der Waals surface area contributed by atoms with Crippen molar-refractivity contribution in [2.24, 2.45) is 0 Å². The first kappa shape index (κ1) is 58.0. The van der Waals surface area contributed by atoms with Gasteiger partial charge in [-0.05, 0) is 141 Å². The molecule has 0 bridgehead atoms. The van der Waals surface area contributed by atoms with Gasteiger partial charge in [-0.3, -0.25) is 9.59 Å². The van der Waals surface area contributed by atoms with E-state index in [1.807, 2.05) is 6.07 Å². The van der Waals surface area contributed by atoms with Gasteiger partial charge in [0.1, 0.15) is 48.7 Å². The second-order valence-corrected chi connectivity index (χ2v) is 20.1. The number of hydrogen-bond donors (Lipinski definition) is 6. The molecular formula is C55H49Br2ClF4N6O10. The van der Waals surface area contributed by atoms with Gasteiger partial charge in [0.05, 0.1) is 76.9 Å². The van der Waals surface area contributed by atoms with Gasteiger partial charge in [0.25, 0.3) is 0 Å². The van der Waals surface area contributed by atoms with E-state index < -0.39 is 78.1 Å². The number of nitrogens with one attached hydrogen (secondary N) is 4. The van der Waals surface area contributed by atoms with Gasteiger partial charge in [-0.25, -0.2) is 36.7 Å². The summed E-state index contributed by atoms with van der Waals surface area (Å²) in [5, 5.41) is 28.5. The summed E-state index contributed by atoms with van der Waals surface area (Å²) in [6.45, 7) is 1.56. The Hall–Kier alpha value is -7.69. The maximum atomic E-state index is 14.8. The predicted molar refractivity (Wildman–Crippen MR) is 291 cm³/mol. The number of likely N-dealkylation sites (tertiary alicyclic amines) is 2. The lowest BCUT2D eigenvalue weighted by molar-refractivity contribution is -0.132. The van der Waals surface area contributed by atoms with Crippen LogP contribution in [0, 0.1) is 18.6 Å². The van der Waals surface area contributed by atoms with E-state index in [1.54, 1.807) is 61.5 Å². The molecule has 0 radical (unpaired) electrons. The van der Waals surface area contributed by atoms with Crippen LogP contribution in [0.5, 0.6) is 11.5 Å². The van der Waals surface area contributed by atoms with Crippen molar-refractivity contribution in [2.45, 2.75) is 57.0 Å². The number of para-hydroxylation sites is 2. The molecule has 6 aromatic carbocycles. The maximum absolute atomic E-state index is 14.8. The number of ether oxygens (including phenoxy) is 2. The monoisotopic (exact) mass is 1220 g/mol. The molecule has 0 unspecified atom stereocenters. The molecule has 2 saturated heterocycles. The Morgan fingerprint density at radius 2 is 1.00 bits per heavy atom. The summed E-state index contributed by atoms with van der Waals surface area (Å²) in [6, 6.07) is 27.9. The first-order chi connectivity index (χ1) is 37.2. The van der Waals surface area contributed by atoms with E-state index >= 15 is 0 Å². The van der Waals surface area contributed by atoms with Crippen molar-refractivity contribution in [1.82, 2.24) is 9.80 Å². The summed E-state index contributed by atoms with van der Waals surface area (Å²) in [5.41, 5.74) is 2.34. The summed E-state index contributed by atoms with van der Waals surface area (Å²) in [5.74, 6) is -4.10. The highest BCUT2D eigenvalue weighted by Gasteiger charge is 2.37. The van der Waals surface area contributed by atoms with Crippen LogP contribution in [0.25, 0.3) is 0 Å². The largest absolute Gasteiger partial charge is 0.491 e.